The summed E-state index contributed by atoms with van der Waals surface area (Å²) in [5.41, 5.74) is 3.02. The minimum absolute atomic E-state index is 0.647. The molecule has 0 saturated heterocycles. The van der Waals surface area contributed by atoms with Gasteiger partial charge >= 0.3 is 0 Å². The van der Waals surface area contributed by atoms with Crippen molar-refractivity contribution in [1.82, 2.24) is 5.32 Å². The van der Waals surface area contributed by atoms with Crippen LogP contribution >= 0.6 is 15.9 Å². The van der Waals surface area contributed by atoms with Gasteiger partial charge in [-0.05, 0) is 55.5 Å². The van der Waals surface area contributed by atoms with Gasteiger partial charge < -0.3 is 5.32 Å². The predicted molar refractivity (Wildman–Crippen MR) is 72.8 cm³/mol. The van der Waals surface area contributed by atoms with E-state index in [9.17, 15) is 0 Å². The molecular formula is C14H18BrN. The zero-order valence-electron chi connectivity index (χ0n) is 9.51. The van der Waals surface area contributed by atoms with Crippen molar-refractivity contribution in [2.24, 2.45) is 0 Å². The van der Waals surface area contributed by atoms with Crippen molar-refractivity contribution < 1.29 is 0 Å². The Labute approximate surface area is 106 Å². The van der Waals surface area contributed by atoms with E-state index in [0.29, 0.717) is 6.04 Å². The molecule has 0 aromatic heterocycles. The fourth-order valence-electron chi connectivity index (χ4n) is 2.29. The van der Waals surface area contributed by atoms with Crippen LogP contribution in [0.25, 0.3) is 0 Å². The van der Waals surface area contributed by atoms with Gasteiger partial charge in [0.2, 0.25) is 0 Å². The van der Waals surface area contributed by atoms with E-state index in [1.807, 2.05) is 6.08 Å². The van der Waals surface area contributed by atoms with E-state index in [1.165, 1.54) is 34.9 Å². The van der Waals surface area contributed by atoms with Crippen LogP contribution in [-0.2, 0) is 12.8 Å². The van der Waals surface area contributed by atoms with Crippen molar-refractivity contribution >= 4 is 15.9 Å². The third kappa shape index (κ3) is 2.96. The summed E-state index contributed by atoms with van der Waals surface area (Å²) in [5, 5.41) is 3.60. The highest BCUT2D eigenvalue weighted by atomic mass is 79.9. The zero-order valence-corrected chi connectivity index (χ0v) is 11.1. The van der Waals surface area contributed by atoms with Crippen molar-refractivity contribution in [3.05, 3.63) is 46.5 Å². The number of hydrogen-bond donors (Lipinski definition) is 1. The highest BCUT2D eigenvalue weighted by Gasteiger charge is 2.17. The number of nitrogens with one attached hydrogen (secondary N) is 1. The molecular weight excluding hydrogens is 262 g/mol. The number of rotatable bonds is 4. The largest absolute Gasteiger partial charge is 0.313 e. The van der Waals surface area contributed by atoms with Crippen molar-refractivity contribution in [1.29, 1.82) is 0 Å². The average Bonchev–Trinajstić information content (AvgIpc) is 2.29. The molecule has 2 heteroatoms. The molecule has 2 rings (SSSR count). The molecule has 0 heterocycles. The van der Waals surface area contributed by atoms with E-state index in [2.05, 4.69) is 46.0 Å². The minimum Gasteiger partial charge on any atom is -0.313 e. The normalized spacial score (nSPS) is 19.2. The summed E-state index contributed by atoms with van der Waals surface area (Å²) >= 11 is 3.53. The van der Waals surface area contributed by atoms with Crippen LogP contribution in [-0.4, -0.2) is 12.6 Å². The molecule has 0 saturated carbocycles. The fourth-order valence-corrected chi connectivity index (χ4v) is 2.70. The van der Waals surface area contributed by atoms with E-state index < -0.39 is 0 Å². The van der Waals surface area contributed by atoms with Crippen LogP contribution in [0.5, 0.6) is 0 Å². The second kappa shape index (κ2) is 5.65. The van der Waals surface area contributed by atoms with Crippen molar-refractivity contribution in [3.63, 3.8) is 0 Å². The molecule has 1 nitrogen and oxygen atoms in total. The molecule has 0 radical (unpaired) electrons. The summed E-state index contributed by atoms with van der Waals surface area (Å²) in [6.07, 6.45) is 6.64. The zero-order chi connectivity index (χ0) is 11.4. The predicted octanol–water partition coefficient (Wildman–Crippen LogP) is 3.47. The third-order valence-electron chi connectivity index (χ3n) is 3.18. The Morgan fingerprint density at radius 1 is 1.44 bits per heavy atom. The van der Waals surface area contributed by atoms with Crippen molar-refractivity contribution in [3.8, 4) is 0 Å². The van der Waals surface area contributed by atoms with Gasteiger partial charge in [-0.3, -0.25) is 0 Å². The van der Waals surface area contributed by atoms with Crippen LogP contribution in [0.1, 0.15) is 24.0 Å². The van der Waals surface area contributed by atoms with Gasteiger partial charge in [-0.25, -0.2) is 0 Å². The molecule has 1 atom stereocenters. The molecule has 1 aromatic rings. The van der Waals surface area contributed by atoms with Crippen LogP contribution in [0.4, 0.5) is 0 Å². The lowest BCUT2D eigenvalue weighted by Crippen LogP contribution is -2.35. The van der Waals surface area contributed by atoms with Gasteiger partial charge in [0.25, 0.3) is 0 Å². The second-order valence-corrected chi connectivity index (χ2v) is 5.30. The smallest absolute Gasteiger partial charge is 0.0178 e. The molecule has 0 spiro atoms. The van der Waals surface area contributed by atoms with E-state index in [1.54, 1.807) is 0 Å². The van der Waals surface area contributed by atoms with Crippen LogP contribution in [0.15, 0.2) is 35.3 Å². The highest BCUT2D eigenvalue weighted by molar-refractivity contribution is 9.10. The molecule has 1 aliphatic rings. The van der Waals surface area contributed by atoms with Crippen LogP contribution in [0, 0.1) is 0 Å². The van der Waals surface area contributed by atoms with Crippen LogP contribution in [0.2, 0.25) is 0 Å². The number of fused-ring (bicyclic) bond motifs is 1. The van der Waals surface area contributed by atoms with Crippen molar-refractivity contribution in [2.75, 3.05) is 6.54 Å². The first-order chi connectivity index (χ1) is 7.79. The molecule has 1 N–H and O–H groups in total. The quantitative estimate of drug-likeness (QED) is 0.657. The molecule has 0 aliphatic heterocycles. The van der Waals surface area contributed by atoms with Gasteiger partial charge in [0, 0.05) is 10.5 Å². The van der Waals surface area contributed by atoms with Gasteiger partial charge in [0.1, 0.15) is 0 Å². The average molecular weight is 280 g/mol. The Hall–Kier alpha value is -0.600. The van der Waals surface area contributed by atoms with Gasteiger partial charge in [-0.1, -0.05) is 28.1 Å². The van der Waals surface area contributed by atoms with Gasteiger partial charge in [-0.2, -0.15) is 0 Å². The maximum absolute atomic E-state index is 3.74. The molecule has 0 fully saturated rings. The molecule has 0 amide bonds. The lowest BCUT2D eigenvalue weighted by atomic mass is 9.88. The maximum Gasteiger partial charge on any atom is 0.0178 e. The van der Waals surface area contributed by atoms with Gasteiger partial charge in [0.05, 0.1) is 0 Å². The third-order valence-corrected chi connectivity index (χ3v) is 3.67. The molecule has 1 aliphatic carbocycles. The van der Waals surface area contributed by atoms with E-state index >= 15 is 0 Å². The van der Waals surface area contributed by atoms with Gasteiger partial charge in [-0.15, -0.1) is 6.58 Å². The first-order valence-corrected chi connectivity index (χ1v) is 6.70. The van der Waals surface area contributed by atoms with E-state index in [-0.39, 0.29) is 0 Å². The molecule has 16 heavy (non-hydrogen) atoms. The Morgan fingerprint density at radius 2 is 2.31 bits per heavy atom. The Morgan fingerprint density at radius 3 is 3.12 bits per heavy atom. The van der Waals surface area contributed by atoms with E-state index in [0.717, 1.165) is 13.0 Å². The maximum atomic E-state index is 3.74. The summed E-state index contributed by atoms with van der Waals surface area (Å²) in [5.74, 6) is 0. The lowest BCUT2D eigenvalue weighted by Gasteiger charge is -2.25. The summed E-state index contributed by atoms with van der Waals surface area (Å²) < 4.78 is 1.20. The number of halogens is 1. The van der Waals surface area contributed by atoms with E-state index in [4.69, 9.17) is 0 Å². The molecule has 1 unspecified atom stereocenters. The molecule has 86 valence electrons. The fraction of sp³-hybridized carbons (Fsp3) is 0.429. The van der Waals surface area contributed by atoms with Crippen LogP contribution < -0.4 is 5.32 Å². The first-order valence-electron chi connectivity index (χ1n) is 5.91. The van der Waals surface area contributed by atoms with Gasteiger partial charge in [0.15, 0.2) is 0 Å². The number of benzene rings is 1. The van der Waals surface area contributed by atoms with Crippen LogP contribution in [0.3, 0.4) is 0 Å². The highest BCUT2D eigenvalue weighted by Crippen LogP contribution is 2.24. The summed E-state index contributed by atoms with van der Waals surface area (Å²) in [6, 6.07) is 7.30. The lowest BCUT2D eigenvalue weighted by molar-refractivity contribution is 0.463. The Balaban J connectivity index is 1.95. The summed E-state index contributed by atoms with van der Waals surface area (Å²) in [6.45, 7) is 4.80. The molecule has 0 bridgehead atoms. The Kier molecular flexibility index (Phi) is 4.19. The second-order valence-electron chi connectivity index (χ2n) is 4.38. The first kappa shape index (κ1) is 11.9. The number of aryl methyl sites for hydroxylation is 1. The van der Waals surface area contributed by atoms with Crippen molar-refractivity contribution in [2.45, 2.75) is 31.7 Å². The molecule has 1 aromatic carbocycles. The summed E-state index contributed by atoms with van der Waals surface area (Å²) in [7, 11) is 0. The monoisotopic (exact) mass is 279 g/mol. The SMILES string of the molecule is C=CCCNC1CCc2cc(Br)ccc2C1. The standard InChI is InChI=1S/C14H18BrN/c1-2-3-8-16-14-7-5-11-9-13(15)6-4-12(11)10-14/h2,4,6,9,14,16H,1,3,5,7-8,10H2. The minimum atomic E-state index is 0.647. The number of hydrogen-bond acceptors (Lipinski definition) is 1. The Bertz CT molecular complexity index is 373. The summed E-state index contributed by atoms with van der Waals surface area (Å²) in [4.78, 5) is 0. The topological polar surface area (TPSA) is 12.0 Å².